The summed E-state index contributed by atoms with van der Waals surface area (Å²) in [5, 5.41) is 5.54. The van der Waals surface area contributed by atoms with Crippen LogP contribution in [0.3, 0.4) is 0 Å². The Hall–Kier alpha value is -4.77. The molecule has 0 spiro atoms. The summed E-state index contributed by atoms with van der Waals surface area (Å²) in [6, 6.07) is 37.3. The number of aromatic nitrogens is 4. The van der Waals surface area contributed by atoms with Gasteiger partial charge < -0.3 is 0 Å². The Morgan fingerprint density at radius 3 is 2.09 bits per heavy atom. The topological polar surface area (TPSA) is 52.7 Å². The van der Waals surface area contributed by atoms with Crippen molar-refractivity contribution in [3.63, 3.8) is 0 Å². The Balaban J connectivity index is 1.70. The Kier molecular flexibility index (Phi) is 5.08. The van der Waals surface area contributed by atoms with E-state index < -0.39 is 0 Å². The summed E-state index contributed by atoms with van der Waals surface area (Å²) >= 11 is 0. The largest absolute Gasteiger partial charge is 0.268 e. The molecule has 0 aliphatic carbocycles. The maximum absolute atomic E-state index is 13.8. The minimum absolute atomic E-state index is 0.116. The van der Waals surface area contributed by atoms with Gasteiger partial charge >= 0.3 is 0 Å². The fraction of sp³-hybridized carbons (Fsp3) is 0.0333. The van der Waals surface area contributed by atoms with Crippen LogP contribution in [-0.4, -0.2) is 19.3 Å². The molecule has 35 heavy (non-hydrogen) atoms. The number of para-hydroxylation sites is 2. The molecule has 2 aromatic heterocycles. The Bertz CT molecular complexity index is 1700. The minimum atomic E-state index is -0.116. The molecule has 5 nitrogen and oxygen atoms in total. The molecule has 0 saturated carbocycles. The van der Waals surface area contributed by atoms with Crippen LogP contribution in [0, 0.1) is 6.92 Å². The van der Waals surface area contributed by atoms with E-state index in [1.54, 1.807) is 4.57 Å². The lowest BCUT2D eigenvalue weighted by atomic mass is 10.1. The summed E-state index contributed by atoms with van der Waals surface area (Å²) in [6.07, 6.45) is 0. The molecule has 6 aromatic rings. The van der Waals surface area contributed by atoms with Crippen LogP contribution in [0.1, 0.15) is 5.56 Å². The van der Waals surface area contributed by atoms with E-state index in [-0.39, 0.29) is 5.56 Å². The fourth-order valence-electron chi connectivity index (χ4n) is 4.29. The average molecular weight is 455 g/mol. The van der Waals surface area contributed by atoms with Gasteiger partial charge in [-0.25, -0.2) is 9.67 Å². The smallest absolute Gasteiger partial charge is 0.266 e. The van der Waals surface area contributed by atoms with E-state index in [0.29, 0.717) is 16.7 Å². The Morgan fingerprint density at radius 1 is 0.686 bits per heavy atom. The lowest BCUT2D eigenvalue weighted by molar-refractivity contribution is 0.864. The van der Waals surface area contributed by atoms with Crippen molar-refractivity contribution in [3.8, 4) is 34.2 Å². The second-order valence-corrected chi connectivity index (χ2v) is 8.46. The zero-order valence-corrected chi connectivity index (χ0v) is 19.2. The van der Waals surface area contributed by atoms with Crippen molar-refractivity contribution < 1.29 is 0 Å². The molecular weight excluding hydrogens is 432 g/mol. The third-order valence-electron chi connectivity index (χ3n) is 6.08. The molecule has 0 bridgehead atoms. The molecule has 0 unspecified atom stereocenters. The zero-order valence-electron chi connectivity index (χ0n) is 19.2. The number of hydrogen-bond donors (Lipinski definition) is 0. The molecule has 0 radical (unpaired) electrons. The van der Waals surface area contributed by atoms with Crippen LogP contribution in [0.4, 0.5) is 0 Å². The standard InChI is InChI=1S/C30H22N4O/c1-21-16-18-24(19-17-21)34-28(20-27(32-34)22-10-4-2-5-11-22)29-31-26-15-9-8-14-25(26)30(35)33(29)23-12-6-3-7-13-23/h2-20H,1H3. The second-order valence-electron chi connectivity index (χ2n) is 8.46. The zero-order chi connectivity index (χ0) is 23.8. The van der Waals surface area contributed by atoms with Crippen LogP contribution in [0.15, 0.2) is 120 Å². The first-order valence-electron chi connectivity index (χ1n) is 11.5. The lowest BCUT2D eigenvalue weighted by Crippen LogP contribution is -2.22. The highest BCUT2D eigenvalue weighted by molar-refractivity contribution is 5.81. The highest BCUT2D eigenvalue weighted by Gasteiger charge is 2.20. The number of aryl methyl sites for hydroxylation is 1. The summed E-state index contributed by atoms with van der Waals surface area (Å²) in [7, 11) is 0. The second kappa shape index (κ2) is 8.54. The molecular formula is C30H22N4O. The van der Waals surface area contributed by atoms with Crippen molar-refractivity contribution in [2.75, 3.05) is 0 Å². The highest BCUT2D eigenvalue weighted by Crippen LogP contribution is 2.29. The monoisotopic (exact) mass is 454 g/mol. The molecule has 6 rings (SSSR count). The van der Waals surface area contributed by atoms with E-state index in [0.717, 1.165) is 33.9 Å². The summed E-state index contributed by atoms with van der Waals surface area (Å²) in [5.74, 6) is 0.537. The first-order chi connectivity index (χ1) is 17.2. The van der Waals surface area contributed by atoms with Gasteiger partial charge in [0.2, 0.25) is 0 Å². The van der Waals surface area contributed by atoms with E-state index in [2.05, 4.69) is 19.1 Å². The summed E-state index contributed by atoms with van der Waals surface area (Å²) in [5.41, 5.74) is 5.89. The number of hydrogen-bond acceptors (Lipinski definition) is 3. The van der Waals surface area contributed by atoms with Crippen LogP contribution in [0.5, 0.6) is 0 Å². The minimum Gasteiger partial charge on any atom is -0.268 e. The average Bonchev–Trinajstić information content (AvgIpc) is 3.35. The van der Waals surface area contributed by atoms with Gasteiger partial charge in [0.1, 0.15) is 5.69 Å². The van der Waals surface area contributed by atoms with Gasteiger partial charge in [-0.05, 0) is 49.4 Å². The van der Waals surface area contributed by atoms with Gasteiger partial charge in [0.25, 0.3) is 5.56 Å². The Morgan fingerprint density at radius 2 is 1.34 bits per heavy atom. The van der Waals surface area contributed by atoms with Gasteiger partial charge in [-0.2, -0.15) is 5.10 Å². The summed E-state index contributed by atoms with van der Waals surface area (Å²) in [6.45, 7) is 2.06. The van der Waals surface area contributed by atoms with Crippen molar-refractivity contribution in [1.29, 1.82) is 0 Å². The third kappa shape index (κ3) is 3.73. The maximum atomic E-state index is 13.8. The van der Waals surface area contributed by atoms with E-state index in [1.807, 2.05) is 108 Å². The van der Waals surface area contributed by atoms with Crippen molar-refractivity contribution >= 4 is 10.9 Å². The molecule has 0 aliphatic heterocycles. The highest BCUT2D eigenvalue weighted by atomic mass is 16.1. The predicted molar refractivity (Wildman–Crippen MR) is 140 cm³/mol. The van der Waals surface area contributed by atoms with Gasteiger partial charge in [-0.3, -0.25) is 9.36 Å². The SMILES string of the molecule is Cc1ccc(-n2nc(-c3ccccc3)cc2-c2nc3ccccc3c(=O)n2-c2ccccc2)cc1. The van der Waals surface area contributed by atoms with Crippen LogP contribution in [0.25, 0.3) is 45.1 Å². The Labute approximate surface area is 202 Å². The van der Waals surface area contributed by atoms with E-state index in [4.69, 9.17) is 10.1 Å². The normalized spacial score (nSPS) is 11.1. The first-order valence-corrected chi connectivity index (χ1v) is 11.5. The summed E-state index contributed by atoms with van der Waals surface area (Å²) in [4.78, 5) is 18.8. The third-order valence-corrected chi connectivity index (χ3v) is 6.08. The number of fused-ring (bicyclic) bond motifs is 1. The van der Waals surface area contributed by atoms with Crippen molar-refractivity contribution in [2.45, 2.75) is 6.92 Å². The summed E-state index contributed by atoms with van der Waals surface area (Å²) < 4.78 is 3.55. The molecule has 0 saturated heterocycles. The lowest BCUT2D eigenvalue weighted by Gasteiger charge is -2.15. The molecule has 0 amide bonds. The number of nitrogens with zero attached hydrogens (tertiary/aromatic N) is 4. The first kappa shape index (κ1) is 20.8. The molecule has 0 aliphatic rings. The molecule has 5 heteroatoms. The quantitative estimate of drug-likeness (QED) is 0.318. The van der Waals surface area contributed by atoms with Gasteiger partial charge in [0.05, 0.1) is 28.0 Å². The molecule has 0 fully saturated rings. The van der Waals surface area contributed by atoms with Gasteiger partial charge in [-0.15, -0.1) is 0 Å². The fourth-order valence-corrected chi connectivity index (χ4v) is 4.29. The molecule has 0 N–H and O–H groups in total. The van der Waals surface area contributed by atoms with Crippen molar-refractivity contribution in [3.05, 3.63) is 131 Å². The number of rotatable bonds is 4. The molecule has 2 heterocycles. The molecule has 0 atom stereocenters. The van der Waals surface area contributed by atoms with E-state index in [1.165, 1.54) is 0 Å². The number of benzene rings is 4. The van der Waals surface area contributed by atoms with Crippen LogP contribution in [-0.2, 0) is 0 Å². The van der Waals surface area contributed by atoms with E-state index >= 15 is 0 Å². The van der Waals surface area contributed by atoms with Gasteiger partial charge in [0, 0.05) is 5.56 Å². The van der Waals surface area contributed by atoms with Crippen LogP contribution >= 0.6 is 0 Å². The van der Waals surface area contributed by atoms with Crippen molar-refractivity contribution in [2.24, 2.45) is 0 Å². The molecule has 168 valence electrons. The maximum Gasteiger partial charge on any atom is 0.266 e. The molecule has 4 aromatic carbocycles. The predicted octanol–water partition coefficient (Wildman–Crippen LogP) is 6.21. The van der Waals surface area contributed by atoms with Gasteiger partial charge in [-0.1, -0.05) is 78.4 Å². The van der Waals surface area contributed by atoms with E-state index in [9.17, 15) is 4.79 Å². The van der Waals surface area contributed by atoms with Crippen LogP contribution < -0.4 is 5.56 Å². The van der Waals surface area contributed by atoms with Crippen molar-refractivity contribution in [1.82, 2.24) is 19.3 Å². The van der Waals surface area contributed by atoms with Crippen LogP contribution in [0.2, 0.25) is 0 Å². The van der Waals surface area contributed by atoms with Gasteiger partial charge in [0.15, 0.2) is 5.82 Å².